The molecule has 0 spiro atoms. The average Bonchev–Trinajstić information content (AvgIpc) is 2.43. The zero-order chi connectivity index (χ0) is 14.0. The van der Waals surface area contributed by atoms with Gasteiger partial charge in [-0.2, -0.15) is 0 Å². The van der Waals surface area contributed by atoms with Crippen molar-refractivity contribution in [2.75, 3.05) is 79.0 Å². The van der Waals surface area contributed by atoms with Crippen molar-refractivity contribution in [2.45, 2.75) is 0 Å². The van der Waals surface area contributed by atoms with Crippen LogP contribution in [0, 0.1) is 0 Å². The zero-order valence-corrected chi connectivity index (χ0v) is 11.8. The molecule has 0 saturated carbocycles. The molecule has 0 atom stereocenters. The Morgan fingerprint density at radius 3 is 1.26 bits per heavy atom. The number of nitrogens with one attached hydrogen (secondary N) is 1. The molecule has 0 aromatic heterocycles. The van der Waals surface area contributed by atoms with Crippen LogP contribution in [-0.4, -0.2) is 79.0 Å². The van der Waals surface area contributed by atoms with E-state index in [9.17, 15) is 0 Å². The molecule has 0 heterocycles. The molecule has 0 amide bonds. The fraction of sp³-hybridized carbons (Fsp3) is 1.00. The van der Waals surface area contributed by atoms with Gasteiger partial charge in [-0.25, -0.2) is 0 Å². The van der Waals surface area contributed by atoms with Crippen LogP contribution in [-0.2, 0) is 18.9 Å². The van der Waals surface area contributed by atoms with Gasteiger partial charge in [-0.1, -0.05) is 0 Å². The number of ether oxygens (including phenoxy) is 4. The predicted octanol–water partition coefficient (Wildman–Crippen LogP) is -1.44. The number of hydrogen-bond acceptors (Lipinski definition) is 7. The summed E-state index contributed by atoms with van der Waals surface area (Å²) in [5, 5.41) is 3.22. The van der Waals surface area contributed by atoms with Crippen molar-refractivity contribution in [1.82, 2.24) is 5.32 Å². The van der Waals surface area contributed by atoms with Crippen molar-refractivity contribution < 1.29 is 18.9 Å². The van der Waals surface area contributed by atoms with E-state index in [4.69, 9.17) is 30.4 Å². The van der Waals surface area contributed by atoms with Crippen molar-refractivity contribution in [2.24, 2.45) is 11.5 Å². The molecule has 0 unspecified atom stereocenters. The third kappa shape index (κ3) is 17.7. The molecule has 0 bridgehead atoms. The lowest BCUT2D eigenvalue weighted by atomic mass is 10.6. The zero-order valence-electron chi connectivity index (χ0n) is 11.8. The predicted molar refractivity (Wildman–Crippen MR) is 74.3 cm³/mol. The molecule has 5 N–H and O–H groups in total. The van der Waals surface area contributed by atoms with E-state index < -0.39 is 0 Å². The number of hydrogen-bond donors (Lipinski definition) is 3. The van der Waals surface area contributed by atoms with Crippen molar-refractivity contribution >= 4 is 0 Å². The highest BCUT2D eigenvalue weighted by atomic mass is 16.5. The summed E-state index contributed by atoms with van der Waals surface area (Å²) < 4.78 is 21.0. The minimum absolute atomic E-state index is 0.554. The lowest BCUT2D eigenvalue weighted by Gasteiger charge is -2.07. The van der Waals surface area contributed by atoms with Gasteiger partial charge in [0.1, 0.15) is 0 Å². The van der Waals surface area contributed by atoms with Crippen molar-refractivity contribution in [3.63, 3.8) is 0 Å². The van der Waals surface area contributed by atoms with Gasteiger partial charge >= 0.3 is 0 Å². The van der Waals surface area contributed by atoms with E-state index in [2.05, 4.69) is 5.32 Å². The van der Waals surface area contributed by atoms with Crippen LogP contribution in [0.15, 0.2) is 0 Å². The molecule has 7 heteroatoms. The van der Waals surface area contributed by atoms with Crippen LogP contribution in [0.5, 0.6) is 0 Å². The summed E-state index contributed by atoms with van der Waals surface area (Å²) >= 11 is 0. The Kier molecular flexibility index (Phi) is 17.5. The van der Waals surface area contributed by atoms with E-state index in [1.807, 2.05) is 0 Å². The minimum atomic E-state index is 0.554. The molecule has 0 rings (SSSR count). The normalized spacial score (nSPS) is 11.1. The molecule has 0 fully saturated rings. The molecule has 0 aromatic carbocycles. The molecule has 0 aliphatic heterocycles. The molecule has 0 aliphatic rings. The lowest BCUT2D eigenvalue weighted by Crippen LogP contribution is -2.25. The van der Waals surface area contributed by atoms with E-state index in [1.165, 1.54) is 0 Å². The Morgan fingerprint density at radius 2 is 0.895 bits per heavy atom. The van der Waals surface area contributed by atoms with Crippen LogP contribution >= 0.6 is 0 Å². The van der Waals surface area contributed by atoms with Gasteiger partial charge in [0.2, 0.25) is 0 Å². The summed E-state index contributed by atoms with van der Waals surface area (Å²) in [6.07, 6.45) is 0. The first-order valence-corrected chi connectivity index (χ1v) is 6.83. The Labute approximate surface area is 115 Å². The van der Waals surface area contributed by atoms with Crippen LogP contribution in [0.2, 0.25) is 0 Å². The third-order valence-corrected chi connectivity index (χ3v) is 2.11. The molecule has 116 valence electrons. The highest BCUT2D eigenvalue weighted by Crippen LogP contribution is 1.79. The third-order valence-electron chi connectivity index (χ3n) is 2.11. The first kappa shape index (κ1) is 18.7. The van der Waals surface area contributed by atoms with Crippen molar-refractivity contribution in [1.29, 1.82) is 0 Å². The van der Waals surface area contributed by atoms with Crippen LogP contribution in [0.1, 0.15) is 0 Å². The fourth-order valence-corrected chi connectivity index (χ4v) is 1.22. The summed E-state index contributed by atoms with van der Waals surface area (Å²) in [4.78, 5) is 0. The van der Waals surface area contributed by atoms with Gasteiger partial charge in [0.05, 0.1) is 52.9 Å². The number of rotatable bonds is 16. The molecule has 0 saturated heterocycles. The summed E-state index contributed by atoms with van der Waals surface area (Å²) in [7, 11) is 0. The standard InChI is InChI=1S/C12H29N3O4/c13-1-5-16-9-11-18-7-3-15-4-8-19-12-10-17-6-2-14/h15H,1-14H2. The van der Waals surface area contributed by atoms with E-state index in [-0.39, 0.29) is 0 Å². The smallest absolute Gasteiger partial charge is 0.0701 e. The second kappa shape index (κ2) is 17.7. The highest BCUT2D eigenvalue weighted by Gasteiger charge is 1.92. The first-order chi connectivity index (χ1) is 9.41. The maximum Gasteiger partial charge on any atom is 0.0701 e. The van der Waals surface area contributed by atoms with E-state index in [1.54, 1.807) is 0 Å². The van der Waals surface area contributed by atoms with Crippen molar-refractivity contribution in [3.8, 4) is 0 Å². The monoisotopic (exact) mass is 279 g/mol. The molecule has 0 aromatic rings. The molecule has 19 heavy (non-hydrogen) atoms. The van der Waals surface area contributed by atoms with Gasteiger partial charge < -0.3 is 35.7 Å². The first-order valence-electron chi connectivity index (χ1n) is 6.83. The topological polar surface area (TPSA) is 101 Å². The van der Waals surface area contributed by atoms with Crippen LogP contribution in [0.3, 0.4) is 0 Å². The second-order valence-electron chi connectivity index (χ2n) is 3.78. The summed E-state index contributed by atoms with van der Waals surface area (Å²) in [5.74, 6) is 0. The van der Waals surface area contributed by atoms with Gasteiger partial charge in [0.25, 0.3) is 0 Å². The maximum absolute atomic E-state index is 5.35. The summed E-state index contributed by atoms with van der Waals surface area (Å²) in [5.41, 5.74) is 10.6. The fourth-order valence-electron chi connectivity index (χ4n) is 1.22. The van der Waals surface area contributed by atoms with Crippen LogP contribution in [0.4, 0.5) is 0 Å². The summed E-state index contributed by atoms with van der Waals surface area (Å²) in [6, 6.07) is 0. The average molecular weight is 279 g/mol. The SMILES string of the molecule is NCCOCCOCCNCCOCCOCCN. The Balaban J connectivity index is 2.88. The van der Waals surface area contributed by atoms with Crippen LogP contribution < -0.4 is 16.8 Å². The maximum atomic E-state index is 5.35. The van der Waals surface area contributed by atoms with E-state index in [0.717, 1.165) is 13.1 Å². The van der Waals surface area contributed by atoms with Gasteiger partial charge in [-0.05, 0) is 0 Å². The number of nitrogens with two attached hydrogens (primary N) is 2. The Hall–Kier alpha value is -0.280. The second-order valence-corrected chi connectivity index (χ2v) is 3.78. The molecular weight excluding hydrogens is 250 g/mol. The van der Waals surface area contributed by atoms with Gasteiger partial charge in [-0.3, -0.25) is 0 Å². The van der Waals surface area contributed by atoms with E-state index >= 15 is 0 Å². The minimum Gasteiger partial charge on any atom is -0.378 e. The quantitative estimate of drug-likeness (QED) is 0.297. The highest BCUT2D eigenvalue weighted by molar-refractivity contribution is 4.45. The van der Waals surface area contributed by atoms with Gasteiger partial charge in [0, 0.05) is 26.2 Å². The van der Waals surface area contributed by atoms with Crippen molar-refractivity contribution in [3.05, 3.63) is 0 Å². The molecule has 7 nitrogen and oxygen atoms in total. The Bertz CT molecular complexity index is 148. The van der Waals surface area contributed by atoms with E-state index in [0.29, 0.717) is 65.9 Å². The molecule has 0 radical (unpaired) electrons. The molecule has 0 aliphatic carbocycles. The largest absolute Gasteiger partial charge is 0.378 e. The van der Waals surface area contributed by atoms with Crippen LogP contribution in [0.25, 0.3) is 0 Å². The summed E-state index contributed by atoms with van der Waals surface area (Å²) in [6.45, 7) is 7.67. The molecular formula is C12H29N3O4. The Morgan fingerprint density at radius 1 is 0.526 bits per heavy atom. The van der Waals surface area contributed by atoms with Gasteiger partial charge in [0.15, 0.2) is 0 Å². The lowest BCUT2D eigenvalue weighted by molar-refractivity contribution is 0.0456. The van der Waals surface area contributed by atoms with Gasteiger partial charge in [-0.15, -0.1) is 0 Å².